The molecule has 0 saturated carbocycles. The van der Waals surface area contributed by atoms with Gasteiger partial charge >= 0.3 is 0 Å². The molecule has 0 aliphatic carbocycles. The SMILES string of the molecule is Clc1cccc(CNc2cc(Cl)nc3ncnn23)c1. The lowest BCUT2D eigenvalue weighted by molar-refractivity contribution is 0.925. The number of aromatic nitrogens is 4. The second kappa shape index (κ2) is 5.03. The maximum absolute atomic E-state index is 5.94. The lowest BCUT2D eigenvalue weighted by Gasteiger charge is -2.08. The third-order valence-electron chi connectivity index (χ3n) is 2.58. The molecule has 0 atom stereocenters. The number of nitrogens with zero attached hydrogens (tertiary/aromatic N) is 4. The van der Waals surface area contributed by atoms with E-state index in [0.29, 0.717) is 22.5 Å². The first-order chi connectivity index (χ1) is 9.22. The van der Waals surface area contributed by atoms with Crippen molar-refractivity contribution in [3.05, 3.63) is 52.4 Å². The average molecular weight is 294 g/mol. The fourth-order valence-electron chi connectivity index (χ4n) is 1.75. The number of hydrogen-bond donors (Lipinski definition) is 1. The molecular formula is C12H9Cl2N5. The third kappa shape index (κ3) is 2.62. The molecule has 0 aliphatic heterocycles. The van der Waals surface area contributed by atoms with E-state index in [1.165, 1.54) is 6.33 Å². The van der Waals surface area contributed by atoms with E-state index in [4.69, 9.17) is 23.2 Å². The van der Waals surface area contributed by atoms with E-state index >= 15 is 0 Å². The summed E-state index contributed by atoms with van der Waals surface area (Å²) in [5.41, 5.74) is 1.06. The number of nitrogens with one attached hydrogen (secondary N) is 1. The number of anilines is 1. The van der Waals surface area contributed by atoms with Crippen LogP contribution in [0.4, 0.5) is 5.82 Å². The highest BCUT2D eigenvalue weighted by Gasteiger charge is 2.06. The first-order valence-electron chi connectivity index (χ1n) is 5.57. The molecule has 96 valence electrons. The first-order valence-corrected chi connectivity index (χ1v) is 6.32. The topological polar surface area (TPSA) is 55.1 Å². The summed E-state index contributed by atoms with van der Waals surface area (Å²) in [6.45, 7) is 0.607. The van der Waals surface area contributed by atoms with Crippen molar-refractivity contribution in [2.75, 3.05) is 5.32 Å². The molecule has 19 heavy (non-hydrogen) atoms. The van der Waals surface area contributed by atoms with E-state index < -0.39 is 0 Å². The van der Waals surface area contributed by atoms with Gasteiger partial charge in [-0.2, -0.15) is 19.6 Å². The smallest absolute Gasteiger partial charge is 0.255 e. The molecule has 0 spiro atoms. The molecule has 0 bridgehead atoms. The van der Waals surface area contributed by atoms with Gasteiger partial charge in [0.25, 0.3) is 5.78 Å². The summed E-state index contributed by atoms with van der Waals surface area (Å²) in [4.78, 5) is 8.06. The average Bonchev–Trinajstić information content (AvgIpc) is 2.84. The summed E-state index contributed by atoms with van der Waals surface area (Å²) in [7, 11) is 0. The fourth-order valence-corrected chi connectivity index (χ4v) is 2.14. The Bertz CT molecular complexity index is 725. The number of hydrogen-bond acceptors (Lipinski definition) is 4. The number of benzene rings is 1. The summed E-state index contributed by atoms with van der Waals surface area (Å²) in [5, 5.41) is 8.40. The summed E-state index contributed by atoms with van der Waals surface area (Å²) in [5.74, 6) is 1.19. The van der Waals surface area contributed by atoms with Crippen LogP contribution in [0.2, 0.25) is 10.2 Å². The molecule has 3 aromatic rings. The lowest BCUT2D eigenvalue weighted by atomic mass is 10.2. The molecule has 3 rings (SSSR count). The molecule has 0 aliphatic rings. The molecule has 1 N–H and O–H groups in total. The predicted octanol–water partition coefficient (Wildman–Crippen LogP) is 3.04. The Morgan fingerprint density at radius 2 is 2.11 bits per heavy atom. The van der Waals surface area contributed by atoms with Crippen molar-refractivity contribution >= 4 is 34.8 Å². The Balaban J connectivity index is 1.87. The molecule has 1 aromatic carbocycles. The quantitative estimate of drug-likeness (QED) is 0.754. The molecule has 0 unspecified atom stereocenters. The second-order valence-corrected chi connectivity index (χ2v) is 4.74. The van der Waals surface area contributed by atoms with E-state index in [-0.39, 0.29) is 0 Å². The lowest BCUT2D eigenvalue weighted by Crippen LogP contribution is -2.06. The molecule has 2 heterocycles. The van der Waals surface area contributed by atoms with Gasteiger partial charge in [0.05, 0.1) is 0 Å². The van der Waals surface area contributed by atoms with Gasteiger partial charge in [0.15, 0.2) is 0 Å². The fraction of sp³-hybridized carbons (Fsp3) is 0.0833. The van der Waals surface area contributed by atoms with Crippen LogP contribution in [0.15, 0.2) is 36.7 Å². The molecule has 5 nitrogen and oxygen atoms in total. The van der Waals surface area contributed by atoms with Gasteiger partial charge in [-0.3, -0.25) is 0 Å². The van der Waals surface area contributed by atoms with Gasteiger partial charge in [-0.1, -0.05) is 35.3 Å². The van der Waals surface area contributed by atoms with E-state index in [0.717, 1.165) is 11.4 Å². The van der Waals surface area contributed by atoms with Gasteiger partial charge < -0.3 is 5.32 Å². The minimum absolute atomic E-state index is 0.370. The zero-order valence-corrected chi connectivity index (χ0v) is 11.2. The highest BCUT2D eigenvalue weighted by Crippen LogP contribution is 2.16. The second-order valence-electron chi connectivity index (χ2n) is 3.92. The van der Waals surface area contributed by atoms with Crippen molar-refractivity contribution in [3.63, 3.8) is 0 Å². The maximum Gasteiger partial charge on any atom is 0.255 e. The van der Waals surface area contributed by atoms with Gasteiger partial charge in [-0.25, -0.2) is 0 Å². The maximum atomic E-state index is 5.94. The van der Waals surface area contributed by atoms with Crippen LogP contribution < -0.4 is 5.32 Å². The van der Waals surface area contributed by atoms with E-state index in [1.807, 2.05) is 24.3 Å². The van der Waals surface area contributed by atoms with Crippen molar-refractivity contribution in [2.45, 2.75) is 6.54 Å². The molecule has 2 aromatic heterocycles. The van der Waals surface area contributed by atoms with Gasteiger partial charge in [0.2, 0.25) is 0 Å². The minimum atomic E-state index is 0.370. The van der Waals surface area contributed by atoms with Crippen molar-refractivity contribution < 1.29 is 0 Å². The van der Waals surface area contributed by atoms with Gasteiger partial charge in [0.1, 0.15) is 17.3 Å². The summed E-state index contributed by atoms with van der Waals surface area (Å²) in [6, 6.07) is 9.33. The van der Waals surface area contributed by atoms with Crippen LogP contribution in [0.3, 0.4) is 0 Å². The van der Waals surface area contributed by atoms with Gasteiger partial charge in [0, 0.05) is 17.6 Å². The predicted molar refractivity (Wildman–Crippen MR) is 74.6 cm³/mol. The molecule has 0 saturated heterocycles. The van der Waals surface area contributed by atoms with Crippen molar-refractivity contribution in [3.8, 4) is 0 Å². The number of rotatable bonds is 3. The zero-order valence-electron chi connectivity index (χ0n) is 9.72. The highest BCUT2D eigenvalue weighted by atomic mass is 35.5. The van der Waals surface area contributed by atoms with Crippen LogP contribution in [-0.2, 0) is 6.54 Å². The van der Waals surface area contributed by atoms with Gasteiger partial charge in [-0.15, -0.1) is 0 Å². The molecule has 7 heteroatoms. The van der Waals surface area contributed by atoms with Crippen LogP contribution in [0.5, 0.6) is 0 Å². The summed E-state index contributed by atoms with van der Waals surface area (Å²) >= 11 is 11.9. The largest absolute Gasteiger partial charge is 0.366 e. The van der Waals surface area contributed by atoms with E-state index in [1.54, 1.807) is 10.6 Å². The van der Waals surface area contributed by atoms with E-state index in [2.05, 4.69) is 20.4 Å². The Morgan fingerprint density at radius 1 is 1.21 bits per heavy atom. The van der Waals surface area contributed by atoms with Crippen molar-refractivity contribution in [1.29, 1.82) is 0 Å². The Labute approximate surface area is 119 Å². The Hall–Kier alpha value is -1.85. The monoisotopic (exact) mass is 293 g/mol. The van der Waals surface area contributed by atoms with Crippen molar-refractivity contribution in [2.24, 2.45) is 0 Å². The standard InChI is InChI=1S/C12H9Cl2N5/c13-9-3-1-2-8(4-9)6-15-11-5-10(14)18-12-16-7-17-19(11)12/h1-5,7,15H,6H2. The first kappa shape index (κ1) is 12.2. The molecular weight excluding hydrogens is 285 g/mol. The molecule has 0 radical (unpaired) electrons. The van der Waals surface area contributed by atoms with Crippen LogP contribution in [0.1, 0.15) is 5.56 Å². The van der Waals surface area contributed by atoms with Crippen LogP contribution in [0, 0.1) is 0 Å². The molecule has 0 fully saturated rings. The van der Waals surface area contributed by atoms with E-state index in [9.17, 15) is 0 Å². The number of halogens is 2. The van der Waals surface area contributed by atoms with Crippen LogP contribution in [0.25, 0.3) is 5.78 Å². The highest BCUT2D eigenvalue weighted by molar-refractivity contribution is 6.30. The molecule has 0 amide bonds. The van der Waals surface area contributed by atoms with Gasteiger partial charge in [-0.05, 0) is 17.7 Å². The third-order valence-corrected chi connectivity index (χ3v) is 3.01. The van der Waals surface area contributed by atoms with Crippen LogP contribution >= 0.6 is 23.2 Å². The Morgan fingerprint density at radius 3 is 2.95 bits per heavy atom. The summed E-state index contributed by atoms with van der Waals surface area (Å²) in [6.07, 6.45) is 1.43. The number of fused-ring (bicyclic) bond motifs is 1. The normalized spacial score (nSPS) is 10.8. The minimum Gasteiger partial charge on any atom is -0.366 e. The Kier molecular flexibility index (Phi) is 3.23. The van der Waals surface area contributed by atoms with Crippen LogP contribution in [-0.4, -0.2) is 19.6 Å². The zero-order chi connectivity index (χ0) is 13.2. The van der Waals surface area contributed by atoms with Crippen molar-refractivity contribution in [1.82, 2.24) is 19.6 Å². The summed E-state index contributed by atoms with van der Waals surface area (Å²) < 4.78 is 1.59.